The molecule has 0 bridgehead atoms. The van der Waals surface area contributed by atoms with Crippen LogP contribution in [0.15, 0.2) is 58.4 Å². The third-order valence-electron chi connectivity index (χ3n) is 4.10. The van der Waals surface area contributed by atoms with E-state index >= 15 is 0 Å². The van der Waals surface area contributed by atoms with Crippen molar-refractivity contribution in [3.63, 3.8) is 0 Å². The first kappa shape index (κ1) is 19.0. The second-order valence-corrected chi connectivity index (χ2v) is 8.90. The van der Waals surface area contributed by atoms with Crippen LogP contribution < -0.4 is 0 Å². The van der Waals surface area contributed by atoms with Crippen LogP contribution in [0.4, 0.5) is 0 Å². The van der Waals surface area contributed by atoms with E-state index in [1.54, 1.807) is 0 Å². The first-order chi connectivity index (χ1) is 13.6. The Morgan fingerprint density at radius 3 is 2.57 bits per heavy atom. The fraction of sp³-hybridized carbons (Fsp3) is 0.150. The van der Waals surface area contributed by atoms with Crippen LogP contribution in [0.25, 0.3) is 22.0 Å². The average molecular weight is 430 g/mol. The number of hydrogen-bond donors (Lipinski definition) is 0. The van der Waals surface area contributed by atoms with Gasteiger partial charge in [0.2, 0.25) is 11.7 Å². The van der Waals surface area contributed by atoms with Crippen molar-refractivity contribution >= 4 is 33.7 Å². The normalized spacial score (nSPS) is 12.2. The van der Waals surface area contributed by atoms with Crippen LogP contribution in [-0.4, -0.2) is 19.3 Å². The molecule has 4 rings (SSSR count). The summed E-state index contributed by atoms with van der Waals surface area (Å²) in [6.45, 7) is 1.99. The molecule has 28 heavy (non-hydrogen) atoms. The molecule has 8 heteroatoms. The summed E-state index contributed by atoms with van der Waals surface area (Å²) < 4.78 is 17.8. The Bertz CT molecular complexity index is 1050. The zero-order chi connectivity index (χ0) is 19.5. The Balaban J connectivity index is 1.43. The van der Waals surface area contributed by atoms with E-state index in [9.17, 15) is 4.21 Å². The fourth-order valence-corrected chi connectivity index (χ4v) is 4.95. The minimum Gasteiger partial charge on any atom is -0.338 e. The molecular weight excluding hydrogens is 414 g/mol. The van der Waals surface area contributed by atoms with Gasteiger partial charge in [0.15, 0.2) is 0 Å². The summed E-state index contributed by atoms with van der Waals surface area (Å²) in [5.41, 5.74) is 3.61. The van der Waals surface area contributed by atoms with E-state index in [0.717, 1.165) is 27.4 Å². The molecule has 0 saturated heterocycles. The summed E-state index contributed by atoms with van der Waals surface area (Å²) in [6, 6.07) is 15.4. The van der Waals surface area contributed by atoms with Crippen molar-refractivity contribution < 1.29 is 8.73 Å². The number of benzene rings is 2. The lowest BCUT2D eigenvalue weighted by Crippen LogP contribution is -2.00. The lowest BCUT2D eigenvalue weighted by atomic mass is 10.1. The van der Waals surface area contributed by atoms with Crippen LogP contribution >= 0.6 is 22.9 Å². The lowest BCUT2D eigenvalue weighted by molar-refractivity contribution is 0.390. The molecule has 0 aliphatic heterocycles. The van der Waals surface area contributed by atoms with Crippen molar-refractivity contribution in [2.75, 3.05) is 0 Å². The van der Waals surface area contributed by atoms with Gasteiger partial charge in [0.05, 0.1) is 16.5 Å². The fourth-order valence-electron chi connectivity index (χ4n) is 2.73. The van der Waals surface area contributed by atoms with Crippen molar-refractivity contribution in [1.82, 2.24) is 15.1 Å². The topological polar surface area (TPSA) is 68.9 Å². The van der Waals surface area contributed by atoms with Gasteiger partial charge in [-0.3, -0.25) is 4.21 Å². The van der Waals surface area contributed by atoms with Crippen molar-refractivity contribution in [3.05, 3.63) is 76.1 Å². The minimum absolute atomic E-state index is 0.192. The quantitative estimate of drug-likeness (QED) is 0.417. The highest BCUT2D eigenvalue weighted by Crippen LogP contribution is 2.30. The number of nitrogens with zero attached hydrogens (tertiary/aromatic N) is 3. The molecule has 0 amide bonds. The zero-order valence-corrected chi connectivity index (χ0v) is 17.4. The molecule has 0 fully saturated rings. The molecule has 0 radical (unpaired) electrons. The molecule has 0 spiro atoms. The second-order valence-electron chi connectivity index (χ2n) is 6.18. The van der Waals surface area contributed by atoms with Crippen LogP contribution in [0, 0.1) is 6.92 Å². The maximum absolute atomic E-state index is 12.5. The third-order valence-corrected chi connectivity index (χ3v) is 6.54. The molecule has 0 unspecified atom stereocenters. The van der Waals surface area contributed by atoms with Crippen LogP contribution in [0.1, 0.15) is 17.1 Å². The molecule has 2 aromatic carbocycles. The molecule has 0 aliphatic rings. The van der Waals surface area contributed by atoms with E-state index in [1.807, 2.05) is 60.8 Å². The zero-order valence-electron chi connectivity index (χ0n) is 15.0. The molecule has 2 aromatic heterocycles. The van der Waals surface area contributed by atoms with Gasteiger partial charge >= 0.3 is 0 Å². The predicted octanol–water partition coefficient (Wildman–Crippen LogP) is 5.27. The van der Waals surface area contributed by atoms with Crippen molar-refractivity contribution in [2.24, 2.45) is 0 Å². The van der Waals surface area contributed by atoms with Crippen LogP contribution in [0.5, 0.6) is 0 Å². The number of rotatable bonds is 6. The molecule has 0 N–H and O–H groups in total. The number of halogens is 1. The van der Waals surface area contributed by atoms with Gasteiger partial charge in [0, 0.05) is 27.3 Å². The molecule has 0 aliphatic carbocycles. The van der Waals surface area contributed by atoms with Gasteiger partial charge < -0.3 is 4.52 Å². The summed E-state index contributed by atoms with van der Waals surface area (Å²) in [7, 11) is -1.20. The van der Waals surface area contributed by atoms with Gasteiger partial charge in [0.25, 0.3) is 0 Å². The van der Waals surface area contributed by atoms with E-state index in [1.165, 1.54) is 11.3 Å². The standard InChI is InChI=1S/C20H16ClN3O2S2/c1-13-6-2-3-7-15(13)19-23-18(26-24-19)12-28(25)11-14-10-27-20(22-14)16-8-4-5-9-17(16)21/h2-10H,11-12H2,1H3/t28-/m0/s1. The molecule has 142 valence electrons. The predicted molar refractivity (Wildman–Crippen MR) is 113 cm³/mol. The van der Waals surface area contributed by atoms with Crippen LogP contribution in [-0.2, 0) is 22.3 Å². The molecule has 2 heterocycles. The highest BCUT2D eigenvalue weighted by molar-refractivity contribution is 7.83. The van der Waals surface area contributed by atoms with E-state index in [4.69, 9.17) is 16.1 Å². The van der Waals surface area contributed by atoms with E-state index in [0.29, 0.717) is 22.5 Å². The maximum atomic E-state index is 12.5. The highest BCUT2D eigenvalue weighted by Gasteiger charge is 2.15. The molecular formula is C20H16ClN3O2S2. The first-order valence-corrected chi connectivity index (χ1v) is 11.3. The van der Waals surface area contributed by atoms with Gasteiger partial charge in [-0.15, -0.1) is 11.3 Å². The highest BCUT2D eigenvalue weighted by atomic mass is 35.5. The molecule has 1 atom stereocenters. The monoisotopic (exact) mass is 429 g/mol. The Morgan fingerprint density at radius 1 is 1.04 bits per heavy atom. The van der Waals surface area contributed by atoms with Gasteiger partial charge in [0.1, 0.15) is 10.8 Å². The second kappa shape index (κ2) is 8.34. The Labute approximate surface area is 173 Å². The third kappa shape index (κ3) is 4.22. The Kier molecular flexibility index (Phi) is 5.66. The summed E-state index contributed by atoms with van der Waals surface area (Å²) in [5.74, 6) is 1.39. The van der Waals surface area contributed by atoms with Gasteiger partial charge in [-0.25, -0.2) is 4.98 Å². The number of aromatic nitrogens is 3. The first-order valence-electron chi connectivity index (χ1n) is 8.53. The summed E-state index contributed by atoms with van der Waals surface area (Å²) in [4.78, 5) is 8.94. The lowest BCUT2D eigenvalue weighted by Gasteiger charge is -1.99. The molecule has 0 saturated carbocycles. The van der Waals surface area contributed by atoms with Gasteiger partial charge in [-0.05, 0) is 18.6 Å². The van der Waals surface area contributed by atoms with Crippen molar-refractivity contribution in [1.29, 1.82) is 0 Å². The molecule has 5 nitrogen and oxygen atoms in total. The van der Waals surface area contributed by atoms with Gasteiger partial charge in [-0.1, -0.05) is 59.2 Å². The summed E-state index contributed by atoms with van der Waals surface area (Å²) in [6.07, 6.45) is 0. The van der Waals surface area contributed by atoms with E-state index < -0.39 is 10.8 Å². The number of hydrogen-bond acceptors (Lipinski definition) is 6. The summed E-state index contributed by atoms with van der Waals surface area (Å²) in [5, 5.41) is 7.39. The molecule has 4 aromatic rings. The maximum Gasteiger partial charge on any atom is 0.239 e. The Hall–Kier alpha value is -2.35. The smallest absolute Gasteiger partial charge is 0.239 e. The average Bonchev–Trinajstić information content (AvgIpc) is 3.32. The van der Waals surface area contributed by atoms with E-state index in [2.05, 4.69) is 15.1 Å². The minimum atomic E-state index is -1.20. The van der Waals surface area contributed by atoms with Crippen LogP contribution in [0.2, 0.25) is 5.02 Å². The SMILES string of the molecule is Cc1ccccc1-c1noc(C[S@@](=O)Cc2csc(-c3ccccc3Cl)n2)n1. The Morgan fingerprint density at radius 2 is 1.79 bits per heavy atom. The summed E-state index contributed by atoms with van der Waals surface area (Å²) >= 11 is 7.71. The van der Waals surface area contributed by atoms with Gasteiger partial charge in [-0.2, -0.15) is 4.98 Å². The number of thiazole rings is 1. The van der Waals surface area contributed by atoms with Crippen LogP contribution in [0.3, 0.4) is 0 Å². The van der Waals surface area contributed by atoms with E-state index in [-0.39, 0.29) is 5.75 Å². The largest absolute Gasteiger partial charge is 0.338 e. The van der Waals surface area contributed by atoms with Crippen molar-refractivity contribution in [2.45, 2.75) is 18.4 Å². The van der Waals surface area contributed by atoms with Crippen molar-refractivity contribution in [3.8, 4) is 22.0 Å². The number of aryl methyl sites for hydroxylation is 1.